The molecule has 12 heteroatoms. The zero-order valence-electron chi connectivity index (χ0n) is 21.4. The number of carbonyl (C=O) groups excluding carboxylic acids is 2. The van der Waals surface area contributed by atoms with Gasteiger partial charge in [0.25, 0.3) is 11.8 Å². The van der Waals surface area contributed by atoms with Gasteiger partial charge >= 0.3 is 11.9 Å². The van der Waals surface area contributed by atoms with Crippen molar-refractivity contribution in [1.29, 1.82) is 0 Å². The zero-order valence-corrected chi connectivity index (χ0v) is 23.0. The molecule has 2 amide bonds. The summed E-state index contributed by atoms with van der Waals surface area (Å²) in [6, 6.07) is 13.2. The summed E-state index contributed by atoms with van der Waals surface area (Å²) in [5, 5.41) is 24.5. The summed E-state index contributed by atoms with van der Waals surface area (Å²) < 4.78 is 10.4. The fourth-order valence-electron chi connectivity index (χ4n) is 3.93. The van der Waals surface area contributed by atoms with Crippen molar-refractivity contribution >= 4 is 47.0 Å². The Bertz CT molecular complexity index is 1370. The second-order valence-corrected chi connectivity index (χ2v) is 9.40. The van der Waals surface area contributed by atoms with E-state index in [1.54, 1.807) is 48.5 Å². The van der Waals surface area contributed by atoms with Crippen LogP contribution >= 0.6 is 23.2 Å². The number of benzene rings is 3. The molecule has 10 nitrogen and oxygen atoms in total. The van der Waals surface area contributed by atoms with Gasteiger partial charge in [-0.2, -0.15) is 0 Å². The van der Waals surface area contributed by atoms with Gasteiger partial charge in [-0.05, 0) is 35.4 Å². The van der Waals surface area contributed by atoms with Crippen molar-refractivity contribution in [2.24, 2.45) is 0 Å². The fraction of sp³-hybridized carbons (Fsp3) is 0.214. The summed E-state index contributed by atoms with van der Waals surface area (Å²) in [6.45, 7) is 0. The normalized spacial score (nSPS) is 12.1. The Balaban J connectivity index is 1.71. The molecule has 0 bridgehead atoms. The maximum atomic E-state index is 12.9. The number of hydrogen-bond acceptors (Lipinski definition) is 6. The van der Waals surface area contributed by atoms with E-state index in [4.69, 9.17) is 32.7 Å². The highest BCUT2D eigenvalue weighted by Crippen LogP contribution is 2.28. The molecule has 4 N–H and O–H groups in total. The first-order valence-corrected chi connectivity index (χ1v) is 12.6. The van der Waals surface area contributed by atoms with Crippen molar-refractivity contribution in [3.05, 3.63) is 93.0 Å². The summed E-state index contributed by atoms with van der Waals surface area (Å²) in [5.41, 5.74) is 1.17. The number of nitrogens with one attached hydrogen (secondary N) is 2. The minimum atomic E-state index is -1.28. The monoisotopic (exact) mass is 588 g/mol. The van der Waals surface area contributed by atoms with E-state index in [-0.39, 0.29) is 45.5 Å². The SMILES string of the molecule is COc1cccc(OC)c1C(=O)NC(Cc1ccc(CC(NC(=O)c2c(Cl)cccc2Cl)C(=O)O)cc1)C(=O)O. The molecular weight excluding hydrogens is 563 g/mol. The average molecular weight is 589 g/mol. The largest absolute Gasteiger partial charge is 0.496 e. The Morgan fingerprint density at radius 1 is 0.675 bits per heavy atom. The quantitative estimate of drug-likeness (QED) is 0.249. The maximum Gasteiger partial charge on any atom is 0.326 e. The number of methoxy groups -OCH3 is 2. The molecule has 0 spiro atoms. The van der Waals surface area contributed by atoms with E-state index in [1.165, 1.54) is 26.4 Å². The second-order valence-electron chi connectivity index (χ2n) is 8.59. The average Bonchev–Trinajstić information content (AvgIpc) is 2.92. The Labute approximate surface area is 239 Å². The van der Waals surface area contributed by atoms with Gasteiger partial charge < -0.3 is 30.3 Å². The highest BCUT2D eigenvalue weighted by atomic mass is 35.5. The molecule has 3 rings (SSSR count). The first-order chi connectivity index (χ1) is 19.0. The van der Waals surface area contributed by atoms with Gasteiger partial charge in [0.1, 0.15) is 29.1 Å². The molecule has 0 radical (unpaired) electrons. The van der Waals surface area contributed by atoms with Crippen molar-refractivity contribution in [1.82, 2.24) is 10.6 Å². The van der Waals surface area contributed by atoms with E-state index in [0.717, 1.165) is 0 Å². The van der Waals surface area contributed by atoms with Crippen molar-refractivity contribution in [2.75, 3.05) is 14.2 Å². The van der Waals surface area contributed by atoms with Gasteiger partial charge in [0.2, 0.25) is 0 Å². The van der Waals surface area contributed by atoms with Crippen LogP contribution in [0.1, 0.15) is 31.8 Å². The van der Waals surface area contributed by atoms with Crippen molar-refractivity contribution in [2.45, 2.75) is 24.9 Å². The van der Waals surface area contributed by atoms with Gasteiger partial charge in [-0.25, -0.2) is 9.59 Å². The third-order valence-corrected chi connectivity index (χ3v) is 6.58. The molecule has 0 fully saturated rings. The first kappa shape index (κ1) is 30.3. The number of carboxylic acid groups (broad SMARTS) is 2. The minimum Gasteiger partial charge on any atom is -0.496 e. The molecule has 3 aromatic carbocycles. The van der Waals surface area contributed by atoms with E-state index in [9.17, 15) is 29.4 Å². The number of ether oxygens (including phenoxy) is 2. The van der Waals surface area contributed by atoms with Gasteiger partial charge in [-0.1, -0.05) is 59.6 Å². The minimum absolute atomic E-state index is 0.0278. The predicted molar refractivity (Wildman–Crippen MR) is 148 cm³/mol. The van der Waals surface area contributed by atoms with Crippen LogP contribution in [0.3, 0.4) is 0 Å². The van der Waals surface area contributed by atoms with Crippen LogP contribution in [0.15, 0.2) is 60.7 Å². The highest BCUT2D eigenvalue weighted by Gasteiger charge is 2.26. The molecule has 2 atom stereocenters. The summed E-state index contributed by atoms with van der Waals surface area (Å²) in [7, 11) is 2.77. The van der Waals surface area contributed by atoms with Crippen LogP contribution in [0.2, 0.25) is 10.0 Å². The van der Waals surface area contributed by atoms with Gasteiger partial charge in [0.15, 0.2) is 0 Å². The number of rotatable bonds is 12. The van der Waals surface area contributed by atoms with Gasteiger partial charge in [0, 0.05) is 12.8 Å². The van der Waals surface area contributed by atoms with E-state index < -0.39 is 35.8 Å². The van der Waals surface area contributed by atoms with E-state index in [2.05, 4.69) is 10.6 Å². The van der Waals surface area contributed by atoms with Crippen LogP contribution in [-0.2, 0) is 22.4 Å². The smallest absolute Gasteiger partial charge is 0.326 e. The predicted octanol–water partition coefficient (Wildman–Crippen LogP) is 3.86. The lowest BCUT2D eigenvalue weighted by Gasteiger charge is -2.18. The van der Waals surface area contributed by atoms with Crippen molar-refractivity contribution < 1.29 is 38.9 Å². The molecule has 210 valence electrons. The standard InChI is InChI=1S/C28H26Cl2N2O8/c1-39-21-7-4-8-22(40-2)24(21)26(34)32-20(28(37)38)14-16-11-9-15(10-12-16)13-19(27(35)36)31-25(33)23-17(29)5-3-6-18(23)30/h3-12,19-20H,13-14H2,1-2H3,(H,31,33)(H,32,34)(H,35,36)(H,37,38). The summed E-state index contributed by atoms with van der Waals surface area (Å²) in [5.74, 6) is -3.48. The highest BCUT2D eigenvalue weighted by molar-refractivity contribution is 6.39. The maximum absolute atomic E-state index is 12.9. The Morgan fingerprint density at radius 3 is 1.43 bits per heavy atom. The summed E-state index contributed by atoms with van der Waals surface area (Å²) in [4.78, 5) is 49.4. The Kier molecular flexibility index (Phi) is 10.4. The number of amides is 2. The number of carbonyl (C=O) groups is 4. The van der Waals surface area contributed by atoms with Gasteiger partial charge in [-0.3, -0.25) is 9.59 Å². The van der Waals surface area contributed by atoms with Crippen LogP contribution in [-0.4, -0.2) is 60.3 Å². The van der Waals surface area contributed by atoms with E-state index in [1.807, 2.05) is 0 Å². The molecule has 40 heavy (non-hydrogen) atoms. The molecule has 0 aromatic heterocycles. The van der Waals surface area contributed by atoms with Crippen molar-refractivity contribution in [3.8, 4) is 11.5 Å². The van der Waals surface area contributed by atoms with Crippen molar-refractivity contribution in [3.63, 3.8) is 0 Å². The zero-order chi connectivity index (χ0) is 29.4. The topological polar surface area (TPSA) is 151 Å². The van der Waals surface area contributed by atoms with E-state index >= 15 is 0 Å². The molecule has 3 aromatic rings. The van der Waals surface area contributed by atoms with Crippen LogP contribution in [0.4, 0.5) is 0 Å². The number of halogens is 2. The lowest BCUT2D eigenvalue weighted by molar-refractivity contribution is -0.140. The number of hydrogen-bond donors (Lipinski definition) is 4. The van der Waals surface area contributed by atoms with Crippen LogP contribution in [0.25, 0.3) is 0 Å². The van der Waals surface area contributed by atoms with Gasteiger partial charge in [0.05, 0.1) is 29.8 Å². The Morgan fingerprint density at radius 2 is 1.05 bits per heavy atom. The van der Waals surface area contributed by atoms with Crippen LogP contribution < -0.4 is 20.1 Å². The molecule has 0 aliphatic rings. The molecule has 0 saturated heterocycles. The molecular formula is C28H26Cl2N2O8. The van der Waals surface area contributed by atoms with E-state index in [0.29, 0.717) is 11.1 Å². The molecule has 0 aliphatic heterocycles. The summed E-state index contributed by atoms with van der Waals surface area (Å²) in [6.07, 6.45) is -0.112. The van der Waals surface area contributed by atoms with Crippen LogP contribution in [0.5, 0.6) is 11.5 Å². The summed E-state index contributed by atoms with van der Waals surface area (Å²) >= 11 is 12.1. The lowest BCUT2D eigenvalue weighted by Crippen LogP contribution is -2.42. The third-order valence-electron chi connectivity index (χ3n) is 5.95. The molecule has 0 aliphatic carbocycles. The molecule has 0 saturated carbocycles. The first-order valence-electron chi connectivity index (χ1n) is 11.9. The second kappa shape index (κ2) is 13.7. The molecule has 0 heterocycles. The fourth-order valence-corrected chi connectivity index (χ4v) is 4.50. The number of aliphatic carboxylic acids is 2. The van der Waals surface area contributed by atoms with Crippen LogP contribution in [0, 0.1) is 0 Å². The molecule has 2 unspecified atom stereocenters. The number of carboxylic acids is 2. The lowest BCUT2D eigenvalue weighted by atomic mass is 10.00. The Hall–Kier alpha value is -4.28. The third kappa shape index (κ3) is 7.43. The van der Waals surface area contributed by atoms with Gasteiger partial charge in [-0.15, -0.1) is 0 Å².